The highest BCUT2D eigenvalue weighted by atomic mass is 19.4. The minimum Gasteiger partial charge on any atom is -0.478 e. The van der Waals surface area contributed by atoms with E-state index in [1.54, 1.807) is 0 Å². The summed E-state index contributed by atoms with van der Waals surface area (Å²) < 4.78 is 37.9. The van der Waals surface area contributed by atoms with Gasteiger partial charge in [-0.1, -0.05) is 0 Å². The van der Waals surface area contributed by atoms with Crippen LogP contribution in [0.1, 0.15) is 16.1 Å². The number of carboxylic acids is 1. The van der Waals surface area contributed by atoms with Crippen molar-refractivity contribution < 1.29 is 23.1 Å². The largest absolute Gasteiger partial charge is 0.478 e. The summed E-state index contributed by atoms with van der Waals surface area (Å²) in [4.78, 5) is 14.6. The lowest BCUT2D eigenvalue weighted by molar-refractivity contribution is -0.141. The number of aromatic nitrogens is 3. The molecule has 0 unspecified atom stereocenters. The summed E-state index contributed by atoms with van der Waals surface area (Å²) in [7, 11) is 0. The second kappa shape index (κ2) is 4.13. The summed E-state index contributed by atoms with van der Waals surface area (Å²) in [5.74, 6) is -1.27. The maximum atomic E-state index is 12.4. The minimum atomic E-state index is -4.57. The highest BCUT2D eigenvalue weighted by Gasteiger charge is 2.33. The topological polar surface area (TPSA) is 68.0 Å². The van der Waals surface area contributed by atoms with Gasteiger partial charge in [-0.3, -0.25) is 4.98 Å². The Morgan fingerprint density at radius 3 is 2.61 bits per heavy atom. The maximum absolute atomic E-state index is 12.4. The average Bonchev–Trinajstić information content (AvgIpc) is 2.77. The zero-order valence-electron chi connectivity index (χ0n) is 8.72. The van der Waals surface area contributed by atoms with Crippen LogP contribution in [0.15, 0.2) is 30.7 Å². The van der Waals surface area contributed by atoms with Crippen LogP contribution >= 0.6 is 0 Å². The molecular weight excluding hydrogens is 251 g/mol. The van der Waals surface area contributed by atoms with Gasteiger partial charge in [-0.05, 0) is 12.1 Å². The molecule has 0 atom stereocenters. The standard InChI is InChI=1S/C10H6F3N3O2/c11-10(12,13)8-2-4-16(15-8)7-5-14-3-1-6(7)9(17)18/h1-5H,(H,17,18). The first kappa shape index (κ1) is 12.1. The molecule has 0 amide bonds. The number of carboxylic acid groups (broad SMARTS) is 1. The van der Waals surface area contributed by atoms with E-state index in [-0.39, 0.29) is 11.3 Å². The van der Waals surface area contributed by atoms with E-state index >= 15 is 0 Å². The third kappa shape index (κ3) is 2.17. The van der Waals surface area contributed by atoms with Gasteiger partial charge in [0.1, 0.15) is 0 Å². The van der Waals surface area contributed by atoms with Crippen LogP contribution in [0.4, 0.5) is 13.2 Å². The lowest BCUT2D eigenvalue weighted by Gasteiger charge is -2.05. The SMILES string of the molecule is O=C(O)c1ccncc1-n1ccc(C(F)(F)F)n1. The third-order valence-electron chi connectivity index (χ3n) is 2.16. The van der Waals surface area contributed by atoms with Crippen LogP contribution < -0.4 is 0 Å². The van der Waals surface area contributed by atoms with Crippen LogP contribution in [-0.4, -0.2) is 25.8 Å². The van der Waals surface area contributed by atoms with E-state index in [1.807, 2.05) is 0 Å². The Morgan fingerprint density at radius 2 is 2.06 bits per heavy atom. The van der Waals surface area contributed by atoms with Crippen LogP contribution in [0.25, 0.3) is 5.69 Å². The molecule has 0 aromatic carbocycles. The normalized spacial score (nSPS) is 11.5. The van der Waals surface area contributed by atoms with E-state index in [9.17, 15) is 18.0 Å². The molecule has 0 aliphatic heterocycles. The average molecular weight is 257 g/mol. The second-order valence-corrected chi connectivity index (χ2v) is 3.34. The molecule has 1 N–H and O–H groups in total. The van der Waals surface area contributed by atoms with Crippen molar-refractivity contribution in [3.8, 4) is 5.69 Å². The summed E-state index contributed by atoms with van der Waals surface area (Å²) in [6.45, 7) is 0. The molecule has 0 bridgehead atoms. The number of aromatic carboxylic acids is 1. The highest BCUT2D eigenvalue weighted by Crippen LogP contribution is 2.28. The van der Waals surface area contributed by atoms with Gasteiger partial charge >= 0.3 is 12.1 Å². The molecule has 0 saturated heterocycles. The third-order valence-corrected chi connectivity index (χ3v) is 2.16. The maximum Gasteiger partial charge on any atom is 0.435 e. The van der Waals surface area contributed by atoms with E-state index in [4.69, 9.17) is 5.11 Å². The Bertz CT molecular complexity index is 592. The van der Waals surface area contributed by atoms with Crippen LogP contribution in [0, 0.1) is 0 Å². The fraction of sp³-hybridized carbons (Fsp3) is 0.100. The number of hydrogen-bond donors (Lipinski definition) is 1. The summed E-state index contributed by atoms with van der Waals surface area (Å²) >= 11 is 0. The predicted octanol–water partition coefficient (Wildman–Crippen LogP) is 1.98. The van der Waals surface area contributed by atoms with Gasteiger partial charge in [0.2, 0.25) is 0 Å². The first-order valence-corrected chi connectivity index (χ1v) is 4.70. The van der Waals surface area contributed by atoms with Crippen LogP contribution in [0.3, 0.4) is 0 Å². The fourth-order valence-corrected chi connectivity index (χ4v) is 1.36. The van der Waals surface area contributed by atoms with E-state index < -0.39 is 17.8 Å². The predicted molar refractivity (Wildman–Crippen MR) is 53.3 cm³/mol. The Balaban J connectivity index is 2.50. The molecule has 8 heteroatoms. The van der Waals surface area contributed by atoms with Gasteiger partial charge in [0, 0.05) is 12.4 Å². The Hall–Kier alpha value is -2.38. The van der Waals surface area contributed by atoms with E-state index in [2.05, 4.69) is 10.1 Å². The molecule has 0 spiro atoms. The number of halogens is 3. The lowest BCUT2D eigenvalue weighted by atomic mass is 10.2. The molecule has 18 heavy (non-hydrogen) atoms. The van der Waals surface area contributed by atoms with Gasteiger partial charge in [-0.2, -0.15) is 18.3 Å². The minimum absolute atomic E-state index is 0.0273. The molecule has 94 valence electrons. The molecule has 2 rings (SSSR count). The van der Waals surface area contributed by atoms with E-state index in [1.165, 1.54) is 12.3 Å². The molecule has 5 nitrogen and oxygen atoms in total. The number of nitrogens with zero attached hydrogens (tertiary/aromatic N) is 3. The number of hydrogen-bond acceptors (Lipinski definition) is 3. The number of rotatable bonds is 2. The molecular formula is C10H6F3N3O2. The number of pyridine rings is 1. The summed E-state index contributed by atoms with van der Waals surface area (Å²) in [5.41, 5.74) is -1.30. The summed E-state index contributed by atoms with van der Waals surface area (Å²) in [6, 6.07) is 1.95. The van der Waals surface area contributed by atoms with Gasteiger partial charge in [0.05, 0.1) is 17.4 Å². The summed E-state index contributed by atoms with van der Waals surface area (Å²) in [6.07, 6.45) is -1.17. The van der Waals surface area contributed by atoms with E-state index in [0.717, 1.165) is 23.1 Å². The van der Waals surface area contributed by atoms with Crippen LogP contribution in [0.2, 0.25) is 0 Å². The molecule has 2 aromatic heterocycles. The Morgan fingerprint density at radius 1 is 1.33 bits per heavy atom. The van der Waals surface area contributed by atoms with E-state index in [0.29, 0.717) is 0 Å². The molecule has 2 heterocycles. The van der Waals surface area contributed by atoms with Crippen molar-refractivity contribution in [2.45, 2.75) is 6.18 Å². The van der Waals surface area contributed by atoms with Gasteiger partial charge in [0.15, 0.2) is 5.69 Å². The Labute approximate surface area is 98.5 Å². The fourth-order valence-electron chi connectivity index (χ4n) is 1.36. The van der Waals surface area contributed by atoms with Gasteiger partial charge in [-0.15, -0.1) is 0 Å². The summed E-state index contributed by atoms with van der Waals surface area (Å²) in [5, 5.41) is 12.2. The molecule has 0 aliphatic rings. The van der Waals surface area contributed by atoms with Crippen molar-refractivity contribution in [2.75, 3.05) is 0 Å². The molecule has 0 saturated carbocycles. The highest BCUT2D eigenvalue weighted by molar-refractivity contribution is 5.91. The van der Waals surface area contributed by atoms with Crippen LogP contribution in [0.5, 0.6) is 0 Å². The van der Waals surface area contributed by atoms with Gasteiger partial charge in [0.25, 0.3) is 0 Å². The van der Waals surface area contributed by atoms with Crippen molar-refractivity contribution in [3.05, 3.63) is 42.0 Å². The first-order valence-electron chi connectivity index (χ1n) is 4.70. The Kier molecular flexibility index (Phi) is 2.77. The molecule has 0 aliphatic carbocycles. The zero-order chi connectivity index (χ0) is 13.3. The van der Waals surface area contributed by atoms with Crippen LogP contribution in [-0.2, 0) is 6.18 Å². The van der Waals surface area contributed by atoms with Gasteiger partial charge < -0.3 is 5.11 Å². The zero-order valence-corrected chi connectivity index (χ0v) is 8.72. The van der Waals surface area contributed by atoms with Crippen molar-refractivity contribution in [1.82, 2.24) is 14.8 Å². The smallest absolute Gasteiger partial charge is 0.435 e. The number of alkyl halides is 3. The number of carbonyl (C=O) groups is 1. The molecule has 0 fully saturated rings. The quantitative estimate of drug-likeness (QED) is 0.893. The van der Waals surface area contributed by atoms with Crippen molar-refractivity contribution >= 4 is 5.97 Å². The first-order chi connectivity index (χ1) is 8.39. The second-order valence-electron chi connectivity index (χ2n) is 3.34. The molecule has 2 aromatic rings. The van der Waals surface area contributed by atoms with Crippen molar-refractivity contribution in [3.63, 3.8) is 0 Å². The van der Waals surface area contributed by atoms with Crippen molar-refractivity contribution in [1.29, 1.82) is 0 Å². The lowest BCUT2D eigenvalue weighted by Crippen LogP contribution is -2.10. The van der Waals surface area contributed by atoms with Gasteiger partial charge in [-0.25, -0.2) is 9.48 Å². The molecule has 0 radical (unpaired) electrons. The monoisotopic (exact) mass is 257 g/mol. The van der Waals surface area contributed by atoms with Crippen molar-refractivity contribution in [2.24, 2.45) is 0 Å².